The molecule has 198 valence electrons. The molecule has 4 aromatic rings. The van der Waals surface area contributed by atoms with Gasteiger partial charge in [0.1, 0.15) is 5.82 Å². The standard InChI is InChI=1S/C30H35N5O3/c1-18(2)35(17-24-19(3)13-21(5)32-29(24)36)30(37)23-14-22(15-26-28(23)20(4)16-31-26)25-7-6-8-27(33-25)34-9-11-38-12-10-34/h6-8,13-16,18,31H,9-12,17H2,1-5H3,(H,32,36). The Morgan fingerprint density at radius 2 is 1.87 bits per heavy atom. The van der Waals surface area contributed by atoms with Gasteiger partial charge in [0.2, 0.25) is 0 Å². The van der Waals surface area contributed by atoms with Crippen LogP contribution in [0.5, 0.6) is 0 Å². The normalized spacial score (nSPS) is 13.9. The number of pyridine rings is 2. The van der Waals surface area contributed by atoms with E-state index in [1.54, 1.807) is 4.90 Å². The fourth-order valence-corrected chi connectivity index (χ4v) is 5.20. The summed E-state index contributed by atoms with van der Waals surface area (Å²) in [6, 6.07) is 11.8. The maximum atomic E-state index is 14.2. The number of carbonyl (C=O) groups is 1. The van der Waals surface area contributed by atoms with Gasteiger partial charge in [0.05, 0.1) is 25.5 Å². The fraction of sp³-hybridized carbons (Fsp3) is 0.367. The van der Waals surface area contributed by atoms with E-state index in [0.717, 1.165) is 57.9 Å². The highest BCUT2D eigenvalue weighted by Gasteiger charge is 2.25. The summed E-state index contributed by atoms with van der Waals surface area (Å²) in [4.78, 5) is 42.1. The van der Waals surface area contributed by atoms with E-state index in [0.29, 0.717) is 24.3 Å². The third-order valence-corrected chi connectivity index (χ3v) is 7.28. The lowest BCUT2D eigenvalue weighted by Gasteiger charge is -2.28. The monoisotopic (exact) mass is 513 g/mol. The van der Waals surface area contributed by atoms with Gasteiger partial charge in [-0.05, 0) is 76.1 Å². The highest BCUT2D eigenvalue weighted by Crippen LogP contribution is 2.31. The molecule has 0 atom stereocenters. The van der Waals surface area contributed by atoms with Gasteiger partial charge < -0.3 is 24.5 Å². The molecule has 1 aliphatic rings. The number of rotatable bonds is 6. The van der Waals surface area contributed by atoms with Crippen molar-refractivity contribution in [2.45, 2.75) is 47.2 Å². The van der Waals surface area contributed by atoms with Crippen LogP contribution in [0.1, 0.15) is 46.6 Å². The summed E-state index contributed by atoms with van der Waals surface area (Å²) < 4.78 is 5.50. The van der Waals surface area contributed by atoms with Crippen LogP contribution in [-0.4, -0.2) is 58.1 Å². The summed E-state index contributed by atoms with van der Waals surface area (Å²) in [5.41, 5.74) is 6.30. The molecular weight excluding hydrogens is 478 g/mol. The Balaban J connectivity index is 1.57. The molecule has 1 amide bonds. The fourth-order valence-electron chi connectivity index (χ4n) is 5.20. The number of nitrogens with zero attached hydrogens (tertiary/aromatic N) is 3. The van der Waals surface area contributed by atoms with Crippen LogP contribution in [0.2, 0.25) is 0 Å². The number of anilines is 1. The molecule has 0 unspecified atom stereocenters. The number of H-pyrrole nitrogens is 2. The van der Waals surface area contributed by atoms with E-state index >= 15 is 0 Å². The van der Waals surface area contributed by atoms with E-state index in [1.807, 2.05) is 71.1 Å². The second kappa shape index (κ2) is 10.5. The second-order valence-electron chi connectivity index (χ2n) is 10.4. The minimum Gasteiger partial charge on any atom is -0.378 e. The van der Waals surface area contributed by atoms with Crippen molar-refractivity contribution >= 4 is 22.6 Å². The minimum absolute atomic E-state index is 0.108. The maximum absolute atomic E-state index is 14.2. The topological polar surface area (TPSA) is 94.3 Å². The number of hydrogen-bond acceptors (Lipinski definition) is 5. The second-order valence-corrected chi connectivity index (χ2v) is 10.4. The third-order valence-electron chi connectivity index (χ3n) is 7.28. The molecule has 2 N–H and O–H groups in total. The first-order valence-electron chi connectivity index (χ1n) is 13.1. The molecule has 1 saturated heterocycles. The van der Waals surface area contributed by atoms with E-state index in [2.05, 4.69) is 20.9 Å². The Morgan fingerprint density at radius 3 is 2.58 bits per heavy atom. The van der Waals surface area contributed by atoms with Gasteiger partial charge in [-0.2, -0.15) is 0 Å². The summed E-state index contributed by atoms with van der Waals surface area (Å²) in [5, 5.41) is 0.892. The van der Waals surface area contributed by atoms with Crippen LogP contribution in [0.15, 0.2) is 47.4 Å². The number of hydrogen-bond donors (Lipinski definition) is 2. The lowest BCUT2D eigenvalue weighted by Crippen LogP contribution is -2.38. The van der Waals surface area contributed by atoms with E-state index in [1.165, 1.54) is 0 Å². The zero-order valence-corrected chi connectivity index (χ0v) is 22.7. The molecule has 0 radical (unpaired) electrons. The molecule has 1 aromatic carbocycles. The van der Waals surface area contributed by atoms with Crippen LogP contribution in [-0.2, 0) is 11.3 Å². The Bertz CT molecular complexity index is 1550. The number of morpholine rings is 1. The first-order chi connectivity index (χ1) is 18.2. The maximum Gasteiger partial charge on any atom is 0.255 e. The number of aryl methyl sites for hydroxylation is 3. The lowest BCUT2D eigenvalue weighted by molar-refractivity contribution is 0.0691. The van der Waals surface area contributed by atoms with Gasteiger partial charge in [0.25, 0.3) is 11.5 Å². The van der Waals surface area contributed by atoms with Crippen LogP contribution in [0.4, 0.5) is 5.82 Å². The highest BCUT2D eigenvalue weighted by atomic mass is 16.5. The quantitative estimate of drug-likeness (QED) is 0.389. The van der Waals surface area contributed by atoms with Crippen molar-refractivity contribution in [1.82, 2.24) is 19.9 Å². The molecular formula is C30H35N5O3. The first kappa shape index (κ1) is 25.7. The van der Waals surface area contributed by atoms with Crippen molar-refractivity contribution in [2.75, 3.05) is 31.2 Å². The predicted octanol–water partition coefficient (Wildman–Crippen LogP) is 4.73. The SMILES string of the molecule is Cc1cc(C)c(CN(C(=O)c2cc(-c3cccc(N4CCOCC4)n3)cc3[nH]cc(C)c23)C(C)C)c(=O)[nH]1. The Labute approximate surface area is 222 Å². The number of carbonyl (C=O) groups excluding carboxylic acids is 1. The first-order valence-corrected chi connectivity index (χ1v) is 13.1. The molecule has 8 heteroatoms. The van der Waals surface area contributed by atoms with E-state index in [4.69, 9.17) is 9.72 Å². The molecule has 38 heavy (non-hydrogen) atoms. The van der Waals surface area contributed by atoms with Crippen LogP contribution in [0, 0.1) is 20.8 Å². The van der Waals surface area contributed by atoms with E-state index < -0.39 is 0 Å². The van der Waals surface area contributed by atoms with Crippen LogP contribution >= 0.6 is 0 Å². The average Bonchev–Trinajstić information content (AvgIpc) is 3.28. The number of aromatic nitrogens is 3. The molecule has 8 nitrogen and oxygen atoms in total. The minimum atomic E-state index is -0.151. The van der Waals surface area contributed by atoms with E-state index in [-0.39, 0.29) is 24.1 Å². The number of fused-ring (bicyclic) bond motifs is 1. The van der Waals surface area contributed by atoms with Crippen molar-refractivity contribution in [3.8, 4) is 11.3 Å². The third kappa shape index (κ3) is 4.96. The molecule has 0 spiro atoms. The number of benzene rings is 1. The number of aromatic amines is 2. The zero-order chi connectivity index (χ0) is 27.0. The number of ether oxygens (including phenoxy) is 1. The predicted molar refractivity (Wildman–Crippen MR) is 151 cm³/mol. The van der Waals surface area contributed by atoms with Crippen molar-refractivity contribution in [2.24, 2.45) is 0 Å². The molecule has 1 aliphatic heterocycles. The summed E-state index contributed by atoms with van der Waals surface area (Å²) in [5.74, 6) is 0.789. The van der Waals surface area contributed by atoms with Gasteiger partial charge in [-0.3, -0.25) is 9.59 Å². The molecule has 1 fully saturated rings. The van der Waals surface area contributed by atoms with Crippen molar-refractivity contribution in [3.63, 3.8) is 0 Å². The molecule has 0 bridgehead atoms. The molecule has 0 saturated carbocycles. The van der Waals surface area contributed by atoms with Crippen LogP contribution < -0.4 is 10.5 Å². The van der Waals surface area contributed by atoms with Gasteiger partial charge in [-0.25, -0.2) is 4.98 Å². The molecule has 5 rings (SSSR count). The number of nitrogens with one attached hydrogen (secondary N) is 2. The largest absolute Gasteiger partial charge is 0.378 e. The van der Waals surface area contributed by atoms with Crippen LogP contribution in [0.25, 0.3) is 22.2 Å². The smallest absolute Gasteiger partial charge is 0.255 e. The highest BCUT2D eigenvalue weighted by molar-refractivity contribution is 6.09. The lowest BCUT2D eigenvalue weighted by atomic mass is 9.99. The zero-order valence-electron chi connectivity index (χ0n) is 22.7. The van der Waals surface area contributed by atoms with Gasteiger partial charge >= 0.3 is 0 Å². The molecule has 0 aliphatic carbocycles. The van der Waals surface area contributed by atoms with Gasteiger partial charge in [-0.1, -0.05) is 6.07 Å². The molecule has 3 aromatic heterocycles. The molecule has 4 heterocycles. The van der Waals surface area contributed by atoms with Gasteiger partial charge in [0.15, 0.2) is 0 Å². The van der Waals surface area contributed by atoms with E-state index in [9.17, 15) is 9.59 Å². The Morgan fingerprint density at radius 1 is 1.11 bits per heavy atom. The summed E-state index contributed by atoms with van der Waals surface area (Å²) in [7, 11) is 0. The summed E-state index contributed by atoms with van der Waals surface area (Å²) >= 11 is 0. The Hall–Kier alpha value is -3.91. The van der Waals surface area contributed by atoms with Crippen molar-refractivity contribution in [1.29, 1.82) is 0 Å². The Kier molecular flexibility index (Phi) is 7.08. The van der Waals surface area contributed by atoms with Crippen molar-refractivity contribution in [3.05, 3.63) is 80.9 Å². The summed E-state index contributed by atoms with van der Waals surface area (Å²) in [6.07, 6.45) is 1.93. The van der Waals surface area contributed by atoms with Crippen LogP contribution in [0.3, 0.4) is 0 Å². The number of amides is 1. The van der Waals surface area contributed by atoms with Crippen molar-refractivity contribution < 1.29 is 9.53 Å². The van der Waals surface area contributed by atoms with Gasteiger partial charge in [-0.15, -0.1) is 0 Å². The van der Waals surface area contributed by atoms with Gasteiger partial charge in [0, 0.05) is 58.6 Å². The average molecular weight is 514 g/mol. The summed E-state index contributed by atoms with van der Waals surface area (Å²) in [6.45, 7) is 13.0.